The van der Waals surface area contributed by atoms with Gasteiger partial charge in [-0.15, -0.1) is 0 Å². The zero-order chi connectivity index (χ0) is 19.6. The molecule has 0 rings (SSSR count). The largest absolute Gasteiger partial charge is 0.462 e. The molecular formula is C12H12F10O2. The van der Waals surface area contributed by atoms with E-state index in [1.54, 1.807) is 0 Å². The highest BCUT2D eigenvalue weighted by atomic mass is 19.4. The molecule has 1 unspecified atom stereocenters. The van der Waals surface area contributed by atoms with Crippen molar-refractivity contribution in [3.63, 3.8) is 0 Å². The van der Waals surface area contributed by atoms with E-state index in [4.69, 9.17) is 0 Å². The third-order valence-corrected chi connectivity index (χ3v) is 2.90. The second-order valence-corrected chi connectivity index (χ2v) is 4.82. The van der Waals surface area contributed by atoms with E-state index in [0.717, 1.165) is 6.92 Å². The van der Waals surface area contributed by atoms with Crippen molar-refractivity contribution in [3.05, 3.63) is 12.2 Å². The Labute approximate surface area is 129 Å². The molecule has 0 amide bonds. The van der Waals surface area contributed by atoms with Crippen LogP contribution in [-0.2, 0) is 9.53 Å². The quantitative estimate of drug-likeness (QED) is 0.352. The molecule has 0 aromatic carbocycles. The fourth-order valence-corrected chi connectivity index (χ4v) is 1.44. The molecule has 0 aliphatic rings. The highest BCUT2D eigenvalue weighted by molar-refractivity contribution is 5.86. The molecule has 2 nitrogen and oxygen atoms in total. The lowest BCUT2D eigenvalue weighted by atomic mass is 9.90. The normalized spacial score (nSPS) is 15.1. The van der Waals surface area contributed by atoms with E-state index in [0.29, 0.717) is 0 Å². The standard InChI is InChI=1S/C12H12F10O2/c1-6(2)8(23)24-5-7(3-4-13)9(14,15)10(16,17)11(18,19)12(20,21)22/h7H,1,3-5H2,2H3. The van der Waals surface area contributed by atoms with Gasteiger partial charge in [-0.25, -0.2) is 4.79 Å². The Morgan fingerprint density at radius 2 is 1.46 bits per heavy atom. The topological polar surface area (TPSA) is 26.3 Å². The van der Waals surface area contributed by atoms with Crippen LogP contribution in [0.15, 0.2) is 12.2 Å². The molecule has 0 N–H and O–H groups in total. The molecule has 12 heteroatoms. The van der Waals surface area contributed by atoms with Crippen LogP contribution in [0.25, 0.3) is 0 Å². The van der Waals surface area contributed by atoms with Gasteiger partial charge in [0.05, 0.1) is 12.6 Å². The van der Waals surface area contributed by atoms with Gasteiger partial charge in [0.15, 0.2) is 0 Å². The van der Waals surface area contributed by atoms with Gasteiger partial charge in [0, 0.05) is 5.57 Å². The number of hydrogen-bond donors (Lipinski definition) is 0. The lowest BCUT2D eigenvalue weighted by molar-refractivity contribution is -0.404. The third-order valence-electron chi connectivity index (χ3n) is 2.90. The number of ether oxygens (including phenoxy) is 1. The van der Waals surface area contributed by atoms with Crippen molar-refractivity contribution in [2.75, 3.05) is 13.3 Å². The number of rotatable bonds is 8. The predicted molar refractivity (Wildman–Crippen MR) is 60.8 cm³/mol. The van der Waals surface area contributed by atoms with Gasteiger partial charge >= 0.3 is 29.9 Å². The fourth-order valence-electron chi connectivity index (χ4n) is 1.44. The molecule has 0 aliphatic carbocycles. The van der Waals surface area contributed by atoms with Crippen LogP contribution in [0.4, 0.5) is 43.9 Å². The minimum atomic E-state index is -7.09. The Morgan fingerprint density at radius 1 is 1.00 bits per heavy atom. The first-order valence-corrected chi connectivity index (χ1v) is 6.12. The minimum Gasteiger partial charge on any atom is -0.462 e. The average molecular weight is 378 g/mol. The zero-order valence-electron chi connectivity index (χ0n) is 12.0. The SMILES string of the molecule is C=C(C)C(=O)OCC(CCF)C(F)(F)C(F)(F)C(F)(F)C(F)(F)F. The summed E-state index contributed by atoms with van der Waals surface area (Å²) in [4.78, 5) is 11.0. The van der Waals surface area contributed by atoms with Crippen LogP contribution in [0.2, 0.25) is 0 Å². The van der Waals surface area contributed by atoms with E-state index >= 15 is 0 Å². The summed E-state index contributed by atoms with van der Waals surface area (Å²) in [6.45, 7) is 0.580. The fraction of sp³-hybridized carbons (Fsp3) is 0.750. The number of hydrogen-bond acceptors (Lipinski definition) is 2. The smallest absolute Gasteiger partial charge is 0.460 e. The Bertz CT molecular complexity index is 469. The summed E-state index contributed by atoms with van der Waals surface area (Å²) in [6, 6.07) is 0. The molecule has 1 atom stereocenters. The van der Waals surface area contributed by atoms with Crippen LogP contribution in [-0.4, -0.2) is 43.2 Å². The van der Waals surface area contributed by atoms with E-state index in [1.165, 1.54) is 0 Å². The maximum absolute atomic E-state index is 13.6. The van der Waals surface area contributed by atoms with Crippen molar-refractivity contribution in [1.82, 2.24) is 0 Å². The predicted octanol–water partition coefficient (Wildman–Crippen LogP) is 4.55. The van der Waals surface area contributed by atoms with Gasteiger partial charge in [-0.1, -0.05) is 6.58 Å². The maximum atomic E-state index is 13.6. The Morgan fingerprint density at radius 3 is 1.79 bits per heavy atom. The maximum Gasteiger partial charge on any atom is 0.460 e. The van der Waals surface area contributed by atoms with E-state index in [1.807, 2.05) is 0 Å². The Balaban J connectivity index is 5.66. The first kappa shape index (κ1) is 22.5. The van der Waals surface area contributed by atoms with Crippen molar-refractivity contribution >= 4 is 5.97 Å². The van der Waals surface area contributed by atoms with Crippen LogP contribution < -0.4 is 0 Å². The van der Waals surface area contributed by atoms with Crippen molar-refractivity contribution in [2.24, 2.45) is 5.92 Å². The second-order valence-electron chi connectivity index (χ2n) is 4.82. The van der Waals surface area contributed by atoms with Crippen LogP contribution in [0.1, 0.15) is 13.3 Å². The van der Waals surface area contributed by atoms with E-state index in [2.05, 4.69) is 11.3 Å². The van der Waals surface area contributed by atoms with Gasteiger partial charge in [-0.3, -0.25) is 4.39 Å². The van der Waals surface area contributed by atoms with Gasteiger partial charge in [0.2, 0.25) is 0 Å². The summed E-state index contributed by atoms with van der Waals surface area (Å²) >= 11 is 0. The third kappa shape index (κ3) is 4.12. The van der Waals surface area contributed by atoms with E-state index < -0.39 is 55.5 Å². The summed E-state index contributed by atoms with van der Waals surface area (Å²) in [6.07, 6.45) is -8.52. The van der Waals surface area contributed by atoms with E-state index in [-0.39, 0.29) is 5.57 Å². The Kier molecular flexibility index (Phi) is 6.73. The van der Waals surface area contributed by atoms with Crippen molar-refractivity contribution in [3.8, 4) is 0 Å². The van der Waals surface area contributed by atoms with Crippen LogP contribution >= 0.6 is 0 Å². The first-order valence-electron chi connectivity index (χ1n) is 6.12. The monoisotopic (exact) mass is 378 g/mol. The molecule has 0 aromatic heterocycles. The minimum absolute atomic E-state index is 0.385. The molecule has 0 heterocycles. The highest BCUT2D eigenvalue weighted by Crippen LogP contribution is 2.55. The van der Waals surface area contributed by atoms with Gasteiger partial charge in [-0.05, 0) is 13.3 Å². The molecule has 0 aromatic rings. The van der Waals surface area contributed by atoms with Crippen molar-refractivity contribution in [2.45, 2.75) is 37.3 Å². The molecule has 0 saturated heterocycles. The number of halogens is 10. The second kappa shape index (κ2) is 7.18. The first-order chi connectivity index (χ1) is 10.5. The number of carbonyl (C=O) groups is 1. The van der Waals surface area contributed by atoms with E-state index in [9.17, 15) is 48.7 Å². The van der Waals surface area contributed by atoms with Crippen molar-refractivity contribution < 1.29 is 53.4 Å². The molecule has 24 heavy (non-hydrogen) atoms. The Hall–Kier alpha value is -1.49. The van der Waals surface area contributed by atoms with Crippen molar-refractivity contribution in [1.29, 1.82) is 0 Å². The zero-order valence-corrected chi connectivity index (χ0v) is 12.0. The highest BCUT2D eigenvalue weighted by Gasteiger charge is 2.82. The van der Waals surface area contributed by atoms with Gasteiger partial charge in [0.25, 0.3) is 0 Å². The number of alkyl halides is 10. The molecule has 0 fully saturated rings. The number of carbonyl (C=O) groups excluding carboxylic acids is 1. The summed E-state index contributed by atoms with van der Waals surface area (Å²) in [5.74, 6) is -24.5. The molecule has 0 saturated carbocycles. The molecule has 0 bridgehead atoms. The molecule has 0 spiro atoms. The average Bonchev–Trinajstić information content (AvgIpc) is 2.40. The summed E-state index contributed by atoms with van der Waals surface area (Å²) in [7, 11) is 0. The molecule has 0 aliphatic heterocycles. The molecule has 0 radical (unpaired) electrons. The lowest BCUT2D eigenvalue weighted by Crippen LogP contribution is -2.63. The van der Waals surface area contributed by atoms with Gasteiger partial charge in [-0.2, -0.15) is 39.5 Å². The van der Waals surface area contributed by atoms with Crippen LogP contribution in [0, 0.1) is 5.92 Å². The molecule has 142 valence electrons. The van der Waals surface area contributed by atoms with Crippen LogP contribution in [0.5, 0.6) is 0 Å². The summed E-state index contributed by atoms with van der Waals surface area (Å²) in [5.41, 5.74) is -0.385. The lowest BCUT2D eigenvalue weighted by Gasteiger charge is -2.37. The summed E-state index contributed by atoms with van der Waals surface area (Å²) in [5, 5.41) is 0. The van der Waals surface area contributed by atoms with Crippen LogP contribution in [0.3, 0.4) is 0 Å². The number of esters is 1. The van der Waals surface area contributed by atoms with Gasteiger partial charge < -0.3 is 4.74 Å². The van der Waals surface area contributed by atoms with Gasteiger partial charge in [0.1, 0.15) is 6.61 Å². The summed E-state index contributed by atoms with van der Waals surface area (Å²) < 4.78 is 131. The molecular weight excluding hydrogens is 366 g/mol.